The number of thiophene rings is 1. The third-order valence-electron chi connectivity index (χ3n) is 3.22. The molecule has 2 rings (SSSR count). The number of aryl methyl sites for hydroxylation is 2. The second-order valence-electron chi connectivity index (χ2n) is 5.26. The maximum atomic E-state index is 12.2. The molecule has 2 heterocycles. The van der Waals surface area contributed by atoms with Gasteiger partial charge in [-0.25, -0.2) is 0 Å². The number of nitrogens with zero attached hydrogens (tertiary/aromatic N) is 1. The van der Waals surface area contributed by atoms with E-state index >= 15 is 0 Å². The lowest BCUT2D eigenvalue weighted by Crippen LogP contribution is -2.10. The molecule has 0 saturated carbocycles. The normalized spacial score (nSPS) is 11.1. The van der Waals surface area contributed by atoms with Crippen molar-refractivity contribution >= 4 is 23.1 Å². The zero-order valence-electron chi connectivity index (χ0n) is 12.4. The van der Waals surface area contributed by atoms with Gasteiger partial charge >= 0.3 is 0 Å². The van der Waals surface area contributed by atoms with Gasteiger partial charge in [-0.2, -0.15) is 5.10 Å². The van der Waals surface area contributed by atoms with Gasteiger partial charge < -0.3 is 5.32 Å². The number of hydrogen-bond acceptors (Lipinski definition) is 3. The molecule has 0 unspecified atom stereocenters. The smallest absolute Gasteiger partial charge is 0.266 e. The second-order valence-corrected chi connectivity index (χ2v) is 6.52. The Morgan fingerprint density at radius 1 is 1.45 bits per heavy atom. The van der Waals surface area contributed by atoms with Gasteiger partial charge in [0.25, 0.3) is 5.91 Å². The number of carbonyl (C=O) groups is 1. The number of carbonyl (C=O) groups excluding carboxylic acids is 1. The quantitative estimate of drug-likeness (QED) is 0.871. The first-order valence-electron chi connectivity index (χ1n) is 6.97. The molecule has 4 nitrogen and oxygen atoms in total. The predicted octanol–water partition coefficient (Wildman–Crippen LogP) is 4.11. The van der Waals surface area contributed by atoms with Crippen molar-refractivity contribution in [1.29, 1.82) is 0 Å². The predicted molar refractivity (Wildman–Crippen MR) is 83.7 cm³/mol. The Morgan fingerprint density at radius 2 is 2.20 bits per heavy atom. The Bertz CT molecular complexity index is 598. The SMILES string of the molecule is CCCc1cc(C(=O)Nc2cc(C(C)C)[nH]n2)sc1C. The molecule has 0 radical (unpaired) electrons. The molecule has 0 bridgehead atoms. The van der Waals surface area contributed by atoms with Crippen LogP contribution in [0.2, 0.25) is 0 Å². The molecule has 0 atom stereocenters. The average molecular weight is 291 g/mol. The van der Waals surface area contributed by atoms with Gasteiger partial charge in [0, 0.05) is 16.6 Å². The van der Waals surface area contributed by atoms with E-state index in [1.165, 1.54) is 10.4 Å². The standard InChI is InChI=1S/C15H21N3OS/c1-5-6-11-7-13(20-10(11)4)15(19)16-14-8-12(9(2)3)17-18-14/h7-9H,5-6H2,1-4H3,(H2,16,17,18,19). The van der Waals surface area contributed by atoms with E-state index in [1.54, 1.807) is 11.3 Å². The Hall–Kier alpha value is -1.62. The van der Waals surface area contributed by atoms with Crippen molar-refractivity contribution in [3.8, 4) is 0 Å². The maximum absolute atomic E-state index is 12.2. The fourth-order valence-corrected chi connectivity index (χ4v) is 2.99. The van der Waals surface area contributed by atoms with E-state index in [1.807, 2.05) is 12.1 Å². The summed E-state index contributed by atoms with van der Waals surface area (Å²) in [5.74, 6) is 0.873. The van der Waals surface area contributed by atoms with Crippen LogP contribution in [0.15, 0.2) is 12.1 Å². The second kappa shape index (κ2) is 6.22. The molecule has 0 spiro atoms. The van der Waals surface area contributed by atoms with E-state index in [-0.39, 0.29) is 5.91 Å². The number of hydrogen-bond donors (Lipinski definition) is 2. The summed E-state index contributed by atoms with van der Waals surface area (Å²) in [6.07, 6.45) is 2.12. The van der Waals surface area contributed by atoms with Crippen LogP contribution in [0.5, 0.6) is 0 Å². The molecule has 0 saturated heterocycles. The van der Waals surface area contributed by atoms with E-state index in [9.17, 15) is 4.79 Å². The van der Waals surface area contributed by atoms with Gasteiger partial charge in [-0.1, -0.05) is 27.2 Å². The van der Waals surface area contributed by atoms with Crippen LogP contribution < -0.4 is 5.32 Å². The number of nitrogens with one attached hydrogen (secondary N) is 2. The number of aromatic amines is 1. The van der Waals surface area contributed by atoms with Crippen LogP contribution in [-0.2, 0) is 6.42 Å². The molecule has 0 aliphatic heterocycles. The molecule has 0 aromatic carbocycles. The average Bonchev–Trinajstić information content (AvgIpc) is 2.98. The zero-order valence-corrected chi connectivity index (χ0v) is 13.2. The van der Waals surface area contributed by atoms with Crippen molar-refractivity contribution in [2.45, 2.75) is 46.5 Å². The summed E-state index contributed by atoms with van der Waals surface area (Å²) in [5.41, 5.74) is 2.29. The van der Waals surface area contributed by atoms with Crippen LogP contribution in [0.3, 0.4) is 0 Å². The number of rotatable bonds is 5. The summed E-state index contributed by atoms with van der Waals surface area (Å²) >= 11 is 1.54. The highest BCUT2D eigenvalue weighted by Gasteiger charge is 2.14. The van der Waals surface area contributed by atoms with Crippen molar-refractivity contribution in [3.05, 3.63) is 33.1 Å². The minimum Gasteiger partial charge on any atom is -0.304 e. The molecular weight excluding hydrogens is 270 g/mol. The Morgan fingerprint density at radius 3 is 2.80 bits per heavy atom. The van der Waals surface area contributed by atoms with Crippen LogP contribution in [-0.4, -0.2) is 16.1 Å². The number of anilines is 1. The lowest BCUT2D eigenvalue weighted by atomic mass is 10.1. The minimum absolute atomic E-state index is 0.0812. The molecule has 0 fully saturated rings. The first-order chi connectivity index (χ1) is 9.51. The van der Waals surface area contributed by atoms with E-state index in [2.05, 4.69) is 43.2 Å². The molecule has 108 valence electrons. The summed E-state index contributed by atoms with van der Waals surface area (Å²) in [7, 11) is 0. The summed E-state index contributed by atoms with van der Waals surface area (Å²) in [4.78, 5) is 14.2. The van der Waals surface area contributed by atoms with Gasteiger partial charge in [0.15, 0.2) is 5.82 Å². The molecular formula is C15H21N3OS. The lowest BCUT2D eigenvalue weighted by molar-refractivity contribution is 0.103. The third kappa shape index (κ3) is 3.28. The highest BCUT2D eigenvalue weighted by atomic mass is 32.1. The molecule has 5 heteroatoms. The van der Waals surface area contributed by atoms with Gasteiger partial charge in [0.05, 0.1) is 4.88 Å². The number of aromatic nitrogens is 2. The number of H-pyrrole nitrogens is 1. The third-order valence-corrected chi connectivity index (χ3v) is 4.32. The maximum Gasteiger partial charge on any atom is 0.266 e. The molecule has 0 aliphatic rings. The van der Waals surface area contributed by atoms with Crippen molar-refractivity contribution in [3.63, 3.8) is 0 Å². The van der Waals surface area contributed by atoms with E-state index in [0.29, 0.717) is 11.7 Å². The van der Waals surface area contributed by atoms with Gasteiger partial charge in [0.2, 0.25) is 0 Å². The first-order valence-corrected chi connectivity index (χ1v) is 7.78. The van der Waals surface area contributed by atoms with E-state index in [0.717, 1.165) is 23.4 Å². The van der Waals surface area contributed by atoms with Crippen LogP contribution in [0.25, 0.3) is 0 Å². The highest BCUT2D eigenvalue weighted by molar-refractivity contribution is 7.14. The molecule has 2 aromatic heterocycles. The van der Waals surface area contributed by atoms with Crippen molar-refractivity contribution in [2.75, 3.05) is 5.32 Å². The van der Waals surface area contributed by atoms with Crippen LogP contribution >= 0.6 is 11.3 Å². The van der Waals surface area contributed by atoms with Crippen LogP contribution in [0, 0.1) is 6.92 Å². The largest absolute Gasteiger partial charge is 0.304 e. The molecule has 2 aromatic rings. The molecule has 1 amide bonds. The van der Waals surface area contributed by atoms with Gasteiger partial charge in [-0.05, 0) is 30.9 Å². The monoisotopic (exact) mass is 291 g/mol. The lowest BCUT2D eigenvalue weighted by Gasteiger charge is -1.98. The Balaban J connectivity index is 2.09. The summed E-state index contributed by atoms with van der Waals surface area (Å²) in [6, 6.07) is 3.88. The highest BCUT2D eigenvalue weighted by Crippen LogP contribution is 2.24. The van der Waals surface area contributed by atoms with Crippen molar-refractivity contribution < 1.29 is 4.79 Å². The molecule has 0 aliphatic carbocycles. The first kappa shape index (κ1) is 14.8. The van der Waals surface area contributed by atoms with Gasteiger partial charge in [0.1, 0.15) is 0 Å². The topological polar surface area (TPSA) is 57.8 Å². The Kier molecular flexibility index (Phi) is 4.60. The van der Waals surface area contributed by atoms with E-state index in [4.69, 9.17) is 0 Å². The van der Waals surface area contributed by atoms with Gasteiger partial charge in [-0.15, -0.1) is 11.3 Å². The van der Waals surface area contributed by atoms with Crippen LogP contribution in [0.4, 0.5) is 5.82 Å². The van der Waals surface area contributed by atoms with Crippen molar-refractivity contribution in [2.24, 2.45) is 0 Å². The minimum atomic E-state index is -0.0812. The number of amides is 1. The fourth-order valence-electron chi connectivity index (χ4n) is 2.02. The van der Waals surface area contributed by atoms with Crippen LogP contribution in [0.1, 0.15) is 58.9 Å². The Labute approximate surface area is 123 Å². The summed E-state index contributed by atoms with van der Waals surface area (Å²) < 4.78 is 0. The zero-order chi connectivity index (χ0) is 14.7. The molecule has 20 heavy (non-hydrogen) atoms. The molecule has 2 N–H and O–H groups in total. The van der Waals surface area contributed by atoms with Gasteiger partial charge in [-0.3, -0.25) is 9.89 Å². The fraction of sp³-hybridized carbons (Fsp3) is 0.467. The summed E-state index contributed by atoms with van der Waals surface area (Å²) in [5, 5.41) is 9.90. The van der Waals surface area contributed by atoms with Crippen molar-refractivity contribution in [1.82, 2.24) is 10.2 Å². The van der Waals surface area contributed by atoms with E-state index < -0.39 is 0 Å². The summed E-state index contributed by atoms with van der Waals surface area (Å²) in [6.45, 7) is 8.38.